The highest BCUT2D eigenvalue weighted by Gasteiger charge is 2.37. The molecule has 1 fully saturated rings. The molecule has 2 aliphatic heterocycles. The van der Waals surface area contributed by atoms with Crippen molar-refractivity contribution in [2.45, 2.75) is 50.5 Å². The van der Waals surface area contributed by atoms with Crippen LogP contribution in [-0.2, 0) is 39.0 Å². The Balaban J connectivity index is 1.36. The number of carbonyl (C=O) groups excluding carboxylic acids is 2. The Kier molecular flexibility index (Phi) is 9.26. The molecule has 0 aliphatic carbocycles. The highest BCUT2D eigenvalue weighted by atomic mass is 79.9. The number of sulfonamides is 1. The third-order valence-electron chi connectivity index (χ3n) is 8.02. The third kappa shape index (κ3) is 6.58. The fraction of sp³-hybridized carbons (Fsp3) is 0.375. The molecule has 0 spiro atoms. The summed E-state index contributed by atoms with van der Waals surface area (Å²) in [6.07, 6.45) is 3.03. The summed E-state index contributed by atoms with van der Waals surface area (Å²) in [6, 6.07) is 23.5. The number of piperidine rings is 1. The summed E-state index contributed by atoms with van der Waals surface area (Å²) >= 11 is 3.49. The summed E-state index contributed by atoms with van der Waals surface area (Å²) in [6.45, 7) is 3.89. The van der Waals surface area contributed by atoms with E-state index in [1.54, 1.807) is 11.0 Å². The number of hydrogen-bond donors (Lipinski definition) is 0. The molecular weight excluding hydrogens is 602 g/mol. The second-order valence-electron chi connectivity index (χ2n) is 10.7. The van der Waals surface area contributed by atoms with Crippen molar-refractivity contribution in [1.82, 2.24) is 9.21 Å². The van der Waals surface area contributed by atoms with Crippen LogP contribution in [-0.4, -0.2) is 55.6 Å². The summed E-state index contributed by atoms with van der Waals surface area (Å²) < 4.78 is 29.9. The molecule has 0 saturated carbocycles. The number of carbonyl (C=O) groups is 2. The Morgan fingerprint density at radius 2 is 1.66 bits per heavy atom. The van der Waals surface area contributed by atoms with Crippen LogP contribution < -0.4 is 4.90 Å². The van der Waals surface area contributed by atoms with Crippen LogP contribution in [0, 0.1) is 5.92 Å². The van der Waals surface area contributed by atoms with E-state index in [-0.39, 0.29) is 23.3 Å². The minimum absolute atomic E-state index is 0.0163. The van der Waals surface area contributed by atoms with Gasteiger partial charge in [0, 0.05) is 49.3 Å². The Morgan fingerprint density at radius 1 is 0.976 bits per heavy atom. The van der Waals surface area contributed by atoms with Gasteiger partial charge in [0.25, 0.3) is 0 Å². The maximum absolute atomic E-state index is 14.0. The van der Waals surface area contributed by atoms with Crippen LogP contribution in [0.3, 0.4) is 0 Å². The second kappa shape index (κ2) is 12.9. The molecular formula is C32H36BrN3O4S. The number of fused-ring (bicyclic) bond motifs is 1. The average Bonchev–Trinajstić information content (AvgIpc) is 3.41. The Labute approximate surface area is 251 Å². The predicted octanol–water partition coefficient (Wildman–Crippen LogP) is 5.42. The first kappa shape index (κ1) is 29.5. The molecule has 2 aliphatic rings. The average molecular weight is 639 g/mol. The monoisotopic (exact) mass is 637 g/mol. The predicted molar refractivity (Wildman–Crippen MR) is 164 cm³/mol. The summed E-state index contributed by atoms with van der Waals surface area (Å²) in [7, 11) is -3.90. The van der Waals surface area contributed by atoms with E-state index in [4.69, 9.17) is 0 Å². The molecule has 0 bridgehead atoms. The molecule has 3 aromatic rings. The quantitative estimate of drug-likeness (QED) is 0.314. The van der Waals surface area contributed by atoms with E-state index in [0.29, 0.717) is 62.0 Å². The summed E-state index contributed by atoms with van der Waals surface area (Å²) in [5, 5.41) is 0. The van der Waals surface area contributed by atoms with Gasteiger partial charge >= 0.3 is 0 Å². The largest absolute Gasteiger partial charge is 0.338 e. The zero-order chi connectivity index (χ0) is 29.0. The van der Waals surface area contributed by atoms with Crippen molar-refractivity contribution in [3.05, 3.63) is 94.0 Å². The van der Waals surface area contributed by atoms with Gasteiger partial charge in [0.05, 0.1) is 10.8 Å². The van der Waals surface area contributed by atoms with Gasteiger partial charge < -0.3 is 9.80 Å². The van der Waals surface area contributed by atoms with Crippen molar-refractivity contribution < 1.29 is 18.0 Å². The van der Waals surface area contributed by atoms with Crippen molar-refractivity contribution >= 4 is 43.5 Å². The van der Waals surface area contributed by atoms with Crippen molar-refractivity contribution in [3.8, 4) is 0 Å². The fourth-order valence-corrected chi connectivity index (χ4v) is 8.37. The molecule has 1 saturated heterocycles. The molecule has 0 aromatic heterocycles. The summed E-state index contributed by atoms with van der Waals surface area (Å²) in [4.78, 5) is 30.1. The van der Waals surface area contributed by atoms with E-state index < -0.39 is 15.9 Å². The number of halogens is 1. The number of hydrogen-bond acceptors (Lipinski definition) is 4. The minimum atomic E-state index is -3.90. The van der Waals surface area contributed by atoms with Gasteiger partial charge in [-0.25, -0.2) is 8.42 Å². The SMILES string of the molecule is CCC(=O)N1CCc2cc(Br)c(S(=O)(=O)N3CCC[C@H](C(=O)N(CCc4ccccc4)Cc4ccccc4)C3)cc21. The van der Waals surface area contributed by atoms with E-state index >= 15 is 0 Å². The minimum Gasteiger partial charge on any atom is -0.338 e. The van der Waals surface area contributed by atoms with Crippen LogP contribution in [0.5, 0.6) is 0 Å². The maximum atomic E-state index is 14.0. The van der Waals surface area contributed by atoms with Gasteiger partial charge in [-0.2, -0.15) is 4.31 Å². The van der Waals surface area contributed by atoms with Gasteiger partial charge in [-0.1, -0.05) is 67.6 Å². The van der Waals surface area contributed by atoms with Crippen molar-refractivity contribution in [2.24, 2.45) is 5.92 Å². The first-order valence-electron chi connectivity index (χ1n) is 14.3. The van der Waals surface area contributed by atoms with Crippen LogP contribution in [0.15, 0.2) is 82.2 Å². The van der Waals surface area contributed by atoms with Gasteiger partial charge in [-0.3, -0.25) is 9.59 Å². The fourth-order valence-electron chi connectivity index (χ4n) is 5.77. The smallest absolute Gasteiger partial charge is 0.244 e. The van der Waals surface area contributed by atoms with Crippen molar-refractivity contribution in [3.63, 3.8) is 0 Å². The maximum Gasteiger partial charge on any atom is 0.244 e. The second-order valence-corrected chi connectivity index (χ2v) is 13.5. The van der Waals surface area contributed by atoms with E-state index in [1.807, 2.05) is 66.4 Å². The molecule has 0 radical (unpaired) electrons. The molecule has 0 unspecified atom stereocenters. The third-order valence-corrected chi connectivity index (χ3v) is 10.8. The van der Waals surface area contributed by atoms with E-state index in [0.717, 1.165) is 23.1 Å². The standard InChI is InChI=1S/C32H36BrN3O4S/c1-2-31(37)36-19-16-26-20-28(33)30(21-29(26)36)41(39,40)35-17-9-14-27(23-35)32(38)34(22-25-12-7-4-8-13-25)18-15-24-10-5-3-6-11-24/h3-8,10-13,20-21,27H,2,9,14-19,22-23H2,1H3/t27-/m0/s1. The zero-order valence-electron chi connectivity index (χ0n) is 23.3. The van der Waals surface area contributed by atoms with Gasteiger partial charge in [0.15, 0.2) is 0 Å². The number of nitrogens with zero attached hydrogens (tertiary/aromatic N) is 3. The number of rotatable bonds is 9. The lowest BCUT2D eigenvalue weighted by molar-refractivity contribution is -0.137. The van der Waals surface area contributed by atoms with E-state index in [9.17, 15) is 18.0 Å². The van der Waals surface area contributed by atoms with Crippen LogP contribution in [0.25, 0.3) is 0 Å². The van der Waals surface area contributed by atoms with E-state index in [1.165, 1.54) is 4.31 Å². The van der Waals surface area contributed by atoms with Crippen molar-refractivity contribution in [2.75, 3.05) is 31.1 Å². The Bertz CT molecular complexity index is 1500. The van der Waals surface area contributed by atoms with Crippen LogP contribution in [0.1, 0.15) is 42.9 Å². The molecule has 7 nitrogen and oxygen atoms in total. The number of amides is 2. The first-order chi connectivity index (χ1) is 19.8. The molecule has 2 amide bonds. The molecule has 2 heterocycles. The van der Waals surface area contributed by atoms with Gasteiger partial charge in [-0.05, 0) is 70.4 Å². The molecule has 1 atom stereocenters. The molecule has 0 N–H and O–H groups in total. The topological polar surface area (TPSA) is 78.0 Å². The highest BCUT2D eigenvalue weighted by Crippen LogP contribution is 2.37. The number of benzene rings is 3. The van der Waals surface area contributed by atoms with Gasteiger partial charge in [0.1, 0.15) is 0 Å². The first-order valence-corrected chi connectivity index (χ1v) is 16.5. The molecule has 5 rings (SSSR count). The number of anilines is 1. The Morgan fingerprint density at radius 3 is 2.34 bits per heavy atom. The lowest BCUT2D eigenvalue weighted by Gasteiger charge is -2.35. The van der Waals surface area contributed by atoms with Gasteiger partial charge in [0.2, 0.25) is 21.8 Å². The zero-order valence-corrected chi connectivity index (χ0v) is 25.7. The molecule has 216 valence electrons. The lowest BCUT2D eigenvalue weighted by atomic mass is 9.97. The van der Waals surface area contributed by atoms with Crippen molar-refractivity contribution in [1.29, 1.82) is 0 Å². The molecule has 41 heavy (non-hydrogen) atoms. The van der Waals surface area contributed by atoms with Crippen LogP contribution in [0.4, 0.5) is 5.69 Å². The highest BCUT2D eigenvalue weighted by molar-refractivity contribution is 9.10. The summed E-state index contributed by atoms with van der Waals surface area (Å²) in [5.74, 6) is -0.464. The van der Waals surface area contributed by atoms with Gasteiger partial charge in [-0.15, -0.1) is 0 Å². The molecule has 9 heteroatoms. The lowest BCUT2D eigenvalue weighted by Crippen LogP contribution is -2.47. The normalized spacial score (nSPS) is 17.3. The Hall–Kier alpha value is -3.01. The van der Waals surface area contributed by atoms with Crippen LogP contribution in [0.2, 0.25) is 0 Å². The van der Waals surface area contributed by atoms with E-state index in [2.05, 4.69) is 28.1 Å². The summed E-state index contributed by atoms with van der Waals surface area (Å²) in [5.41, 5.74) is 3.82. The molecule has 3 aromatic carbocycles. The van der Waals surface area contributed by atoms with Crippen LogP contribution >= 0.6 is 15.9 Å².